The highest BCUT2D eigenvalue weighted by Gasteiger charge is 1.97. The van der Waals surface area contributed by atoms with Crippen molar-refractivity contribution in [2.75, 3.05) is 6.61 Å². The minimum atomic E-state index is -0.0948. The lowest BCUT2D eigenvalue weighted by Gasteiger charge is -2.00. The molecule has 0 spiro atoms. The Kier molecular flexibility index (Phi) is 13.6. The number of carbonyl (C=O) groups excluding carboxylic acids is 1. The quantitative estimate of drug-likeness (QED) is 0.277. The van der Waals surface area contributed by atoms with Crippen molar-refractivity contribution < 1.29 is 9.53 Å². The summed E-state index contributed by atoms with van der Waals surface area (Å²) in [4.78, 5) is 11.3. The van der Waals surface area contributed by atoms with Crippen molar-refractivity contribution in [3.8, 4) is 0 Å². The molecule has 0 heterocycles. The van der Waals surface area contributed by atoms with Gasteiger partial charge in [-0.15, -0.1) is 0 Å². The summed E-state index contributed by atoms with van der Waals surface area (Å²) in [6, 6.07) is 0. The Labute approximate surface area is 113 Å². The molecule has 2 heteroatoms. The fraction of sp³-hybridized carbons (Fsp3) is 0.812. The molecule has 0 rings (SSSR count). The minimum Gasteiger partial charge on any atom is -0.465 e. The maximum atomic E-state index is 11.3. The van der Waals surface area contributed by atoms with Gasteiger partial charge < -0.3 is 4.74 Å². The predicted octanol–water partition coefficient (Wildman–Crippen LogP) is 5.03. The van der Waals surface area contributed by atoms with E-state index in [4.69, 9.17) is 4.74 Å². The van der Waals surface area contributed by atoms with Crippen molar-refractivity contribution in [3.05, 3.63) is 12.2 Å². The lowest BCUT2D eigenvalue weighted by Crippen LogP contribution is -2.03. The van der Waals surface area contributed by atoms with Crippen LogP contribution in [0.2, 0.25) is 0 Å². The van der Waals surface area contributed by atoms with Crippen molar-refractivity contribution in [3.63, 3.8) is 0 Å². The molecule has 0 bridgehead atoms. The summed E-state index contributed by atoms with van der Waals surface area (Å²) in [6.45, 7) is 4.90. The van der Waals surface area contributed by atoms with Crippen LogP contribution in [0.1, 0.15) is 78.1 Å². The van der Waals surface area contributed by atoms with Gasteiger partial charge in [-0.3, -0.25) is 4.79 Å². The van der Waals surface area contributed by atoms with Gasteiger partial charge in [-0.25, -0.2) is 0 Å². The molecule has 0 unspecified atom stereocenters. The zero-order valence-corrected chi connectivity index (χ0v) is 12.2. The highest BCUT2D eigenvalue weighted by Crippen LogP contribution is 2.07. The van der Waals surface area contributed by atoms with Crippen LogP contribution < -0.4 is 0 Å². The second-order valence-corrected chi connectivity index (χ2v) is 4.81. The van der Waals surface area contributed by atoms with Crippen LogP contribution in [0.5, 0.6) is 0 Å². The molecule has 0 aromatic rings. The third-order valence-corrected chi connectivity index (χ3v) is 2.94. The Balaban J connectivity index is 3.24. The molecule has 0 fully saturated rings. The first-order valence-corrected chi connectivity index (χ1v) is 7.61. The second kappa shape index (κ2) is 14.3. The van der Waals surface area contributed by atoms with E-state index in [9.17, 15) is 4.79 Å². The Morgan fingerprint density at radius 1 is 0.889 bits per heavy atom. The smallest absolute Gasteiger partial charge is 0.309 e. The monoisotopic (exact) mass is 254 g/mol. The van der Waals surface area contributed by atoms with Crippen LogP contribution >= 0.6 is 0 Å². The fourth-order valence-corrected chi connectivity index (χ4v) is 1.73. The van der Waals surface area contributed by atoms with E-state index in [1.54, 1.807) is 0 Å². The summed E-state index contributed by atoms with van der Waals surface area (Å²) in [5, 5.41) is 0. The largest absolute Gasteiger partial charge is 0.465 e. The van der Waals surface area contributed by atoms with Crippen molar-refractivity contribution in [2.45, 2.75) is 78.1 Å². The van der Waals surface area contributed by atoms with Gasteiger partial charge in [0.2, 0.25) is 0 Å². The normalized spacial score (nSPS) is 11.0. The molecule has 0 amide bonds. The molecule has 2 nitrogen and oxygen atoms in total. The fourth-order valence-electron chi connectivity index (χ4n) is 1.73. The summed E-state index contributed by atoms with van der Waals surface area (Å²) in [5.74, 6) is -0.0948. The third-order valence-electron chi connectivity index (χ3n) is 2.94. The van der Waals surface area contributed by atoms with E-state index < -0.39 is 0 Å². The Morgan fingerprint density at radius 2 is 1.56 bits per heavy atom. The first-order chi connectivity index (χ1) is 8.81. The number of allylic oxidation sites excluding steroid dienone is 1. The summed E-state index contributed by atoms with van der Waals surface area (Å²) in [7, 11) is 0. The lowest BCUT2D eigenvalue weighted by molar-refractivity contribution is -0.142. The molecule has 106 valence electrons. The molecule has 18 heavy (non-hydrogen) atoms. The topological polar surface area (TPSA) is 26.3 Å². The van der Waals surface area contributed by atoms with Crippen molar-refractivity contribution in [1.29, 1.82) is 0 Å². The molecule has 0 aliphatic rings. The SMILES string of the molecule is CCCCCCCCC=CCC(=O)OCCCC. The number of esters is 1. The van der Waals surface area contributed by atoms with Crippen molar-refractivity contribution >= 4 is 5.97 Å². The number of rotatable bonds is 12. The maximum Gasteiger partial charge on any atom is 0.309 e. The van der Waals surface area contributed by atoms with Gasteiger partial charge in [0.05, 0.1) is 13.0 Å². The van der Waals surface area contributed by atoms with Crippen LogP contribution in [0.25, 0.3) is 0 Å². The molecule has 0 radical (unpaired) electrons. The van der Waals surface area contributed by atoms with Crippen LogP contribution in [0, 0.1) is 0 Å². The average molecular weight is 254 g/mol. The molecular weight excluding hydrogens is 224 g/mol. The highest BCUT2D eigenvalue weighted by molar-refractivity contribution is 5.71. The van der Waals surface area contributed by atoms with Gasteiger partial charge in [0.25, 0.3) is 0 Å². The van der Waals surface area contributed by atoms with Gasteiger partial charge in [-0.1, -0.05) is 64.5 Å². The summed E-state index contributed by atoms with van der Waals surface area (Å²) < 4.78 is 5.06. The van der Waals surface area contributed by atoms with Crippen LogP contribution in [-0.2, 0) is 9.53 Å². The number of hydrogen-bond donors (Lipinski definition) is 0. The van der Waals surface area contributed by atoms with Crippen LogP contribution in [0.15, 0.2) is 12.2 Å². The van der Waals surface area contributed by atoms with E-state index >= 15 is 0 Å². The molecule has 0 saturated carbocycles. The van der Waals surface area contributed by atoms with Gasteiger partial charge in [0.15, 0.2) is 0 Å². The van der Waals surface area contributed by atoms with Crippen LogP contribution in [0.4, 0.5) is 0 Å². The zero-order chi connectivity index (χ0) is 13.5. The van der Waals surface area contributed by atoms with Gasteiger partial charge in [-0.2, -0.15) is 0 Å². The van der Waals surface area contributed by atoms with E-state index in [1.165, 1.54) is 38.5 Å². The third kappa shape index (κ3) is 13.3. The number of ether oxygens (including phenoxy) is 1. The Morgan fingerprint density at radius 3 is 2.28 bits per heavy atom. The molecule has 0 saturated heterocycles. The molecule has 0 atom stereocenters. The van der Waals surface area contributed by atoms with Gasteiger partial charge in [-0.05, 0) is 19.3 Å². The Bertz CT molecular complexity index is 209. The molecule has 0 aliphatic carbocycles. The maximum absolute atomic E-state index is 11.3. The summed E-state index contributed by atoms with van der Waals surface area (Å²) in [5.41, 5.74) is 0. The van der Waals surface area contributed by atoms with Gasteiger partial charge >= 0.3 is 5.97 Å². The van der Waals surface area contributed by atoms with Gasteiger partial charge in [0.1, 0.15) is 0 Å². The average Bonchev–Trinajstić information content (AvgIpc) is 2.37. The molecule has 0 N–H and O–H groups in total. The van der Waals surface area contributed by atoms with Crippen LogP contribution in [0.3, 0.4) is 0 Å². The summed E-state index contributed by atoms with van der Waals surface area (Å²) in [6.07, 6.45) is 15.5. The first kappa shape index (κ1) is 17.2. The van der Waals surface area contributed by atoms with Crippen molar-refractivity contribution in [1.82, 2.24) is 0 Å². The predicted molar refractivity (Wildman–Crippen MR) is 77.6 cm³/mol. The molecule has 0 aliphatic heterocycles. The summed E-state index contributed by atoms with van der Waals surface area (Å²) >= 11 is 0. The van der Waals surface area contributed by atoms with E-state index in [0.717, 1.165) is 19.3 Å². The Hall–Kier alpha value is -0.790. The zero-order valence-electron chi connectivity index (χ0n) is 12.2. The second-order valence-electron chi connectivity index (χ2n) is 4.81. The van der Waals surface area contributed by atoms with E-state index in [1.807, 2.05) is 6.08 Å². The highest BCUT2D eigenvalue weighted by atomic mass is 16.5. The van der Waals surface area contributed by atoms with E-state index in [0.29, 0.717) is 13.0 Å². The van der Waals surface area contributed by atoms with E-state index in [2.05, 4.69) is 19.9 Å². The number of hydrogen-bond acceptors (Lipinski definition) is 2. The standard InChI is InChI=1S/C16H30O2/c1-3-5-7-8-9-10-11-12-13-14-16(17)18-15-6-4-2/h12-13H,3-11,14-15H2,1-2H3. The van der Waals surface area contributed by atoms with Crippen LogP contribution in [-0.4, -0.2) is 12.6 Å². The number of unbranched alkanes of at least 4 members (excludes halogenated alkanes) is 7. The first-order valence-electron chi connectivity index (χ1n) is 7.61. The van der Waals surface area contributed by atoms with E-state index in [-0.39, 0.29) is 5.97 Å². The molecule has 0 aromatic heterocycles. The minimum absolute atomic E-state index is 0.0948. The molecule has 0 aromatic carbocycles. The van der Waals surface area contributed by atoms with Gasteiger partial charge in [0, 0.05) is 0 Å². The van der Waals surface area contributed by atoms with Crippen molar-refractivity contribution in [2.24, 2.45) is 0 Å². The lowest BCUT2D eigenvalue weighted by atomic mass is 10.1. The molecular formula is C16H30O2. The number of carbonyl (C=O) groups is 1.